The van der Waals surface area contributed by atoms with Crippen LogP contribution >= 0.6 is 46.4 Å². The van der Waals surface area contributed by atoms with E-state index in [4.69, 9.17) is 46.4 Å². The quantitative estimate of drug-likeness (QED) is 0.149. The minimum atomic E-state index is -1.58. The van der Waals surface area contributed by atoms with Gasteiger partial charge in [0, 0.05) is 36.6 Å². The zero-order chi connectivity index (χ0) is 25.0. The van der Waals surface area contributed by atoms with Gasteiger partial charge >= 0.3 is 0 Å². The molecule has 1 aliphatic carbocycles. The topological polar surface area (TPSA) is 58.2 Å². The highest BCUT2D eigenvalue weighted by Gasteiger charge is 2.76. The summed E-state index contributed by atoms with van der Waals surface area (Å²) in [6, 6.07) is 1.94. The Morgan fingerprint density at radius 2 is 1.94 bits per heavy atom. The van der Waals surface area contributed by atoms with Gasteiger partial charge in [0.1, 0.15) is 16.4 Å². The van der Waals surface area contributed by atoms with Gasteiger partial charge in [-0.15, -0.1) is 11.6 Å². The predicted octanol–water partition coefficient (Wildman–Crippen LogP) is 6.28. The lowest BCUT2D eigenvalue weighted by molar-refractivity contribution is -0.112. The van der Waals surface area contributed by atoms with Crippen LogP contribution in [-0.4, -0.2) is 35.5 Å². The van der Waals surface area contributed by atoms with Crippen molar-refractivity contribution >= 4 is 64.3 Å². The maximum atomic E-state index is 14.1. The van der Waals surface area contributed by atoms with Crippen molar-refractivity contribution in [3.8, 4) is 0 Å². The predicted molar refractivity (Wildman–Crippen MR) is 127 cm³/mol. The lowest BCUT2D eigenvalue weighted by Crippen LogP contribution is -2.27. The van der Waals surface area contributed by atoms with E-state index >= 15 is 0 Å². The van der Waals surface area contributed by atoms with E-state index in [9.17, 15) is 22.8 Å². The largest absolute Gasteiger partial charge is 0.384 e. The smallest absolute Gasteiger partial charge is 0.254 e. The molecule has 1 aliphatic rings. The Bertz CT molecular complexity index is 1010. The molecule has 0 spiro atoms. The molecule has 0 aliphatic heterocycles. The van der Waals surface area contributed by atoms with Gasteiger partial charge in [-0.25, -0.2) is 13.2 Å². The summed E-state index contributed by atoms with van der Waals surface area (Å²) in [6.45, 7) is 5.16. The fourth-order valence-electron chi connectivity index (χ4n) is 3.31. The van der Waals surface area contributed by atoms with Crippen LogP contribution in [0.2, 0.25) is 0 Å². The van der Waals surface area contributed by atoms with Crippen LogP contribution in [0.15, 0.2) is 47.3 Å². The van der Waals surface area contributed by atoms with Crippen molar-refractivity contribution in [2.24, 2.45) is 11.3 Å². The minimum Gasteiger partial charge on any atom is -0.384 e. The van der Waals surface area contributed by atoms with Crippen molar-refractivity contribution in [1.82, 2.24) is 5.32 Å². The fraction of sp³-hybridized carbons (Fsp3) is 0.364. The summed E-state index contributed by atoms with van der Waals surface area (Å²) in [5, 5.41) is 5.15. The summed E-state index contributed by atoms with van der Waals surface area (Å²) in [6.07, 6.45) is 3.36. The van der Waals surface area contributed by atoms with Gasteiger partial charge < -0.3 is 15.4 Å². The van der Waals surface area contributed by atoms with Crippen LogP contribution < -0.4 is 10.6 Å². The summed E-state index contributed by atoms with van der Waals surface area (Å²) >= 11 is 23.8. The summed E-state index contributed by atoms with van der Waals surface area (Å²) in [7, 11) is 0. The molecule has 1 amide bonds. The molecule has 0 bridgehead atoms. The lowest BCUT2D eigenvalue weighted by atomic mass is 10.0. The van der Waals surface area contributed by atoms with Gasteiger partial charge in [0.15, 0.2) is 11.6 Å². The Morgan fingerprint density at radius 1 is 1.27 bits per heavy atom. The maximum Gasteiger partial charge on any atom is 0.254 e. The highest BCUT2D eigenvalue weighted by Crippen LogP contribution is 2.70. The summed E-state index contributed by atoms with van der Waals surface area (Å²) in [5.41, 5.74) is -1.61. The molecule has 1 fully saturated rings. The molecule has 4 nitrogen and oxygen atoms in total. The van der Waals surface area contributed by atoms with Gasteiger partial charge in [-0.05, 0) is 31.1 Å². The number of allylic oxidation sites excluding steroid dienone is 5. The number of hydrogen-bond acceptors (Lipinski definition) is 3. The minimum absolute atomic E-state index is 0.0281. The second kappa shape index (κ2) is 11.2. The average Bonchev–Trinajstić information content (AvgIpc) is 3.27. The van der Waals surface area contributed by atoms with Gasteiger partial charge in [0.05, 0.1) is 16.0 Å². The molecule has 0 saturated heterocycles. The molecule has 1 saturated carbocycles. The normalized spacial score (nSPS) is 22.0. The molecule has 0 aromatic heterocycles. The van der Waals surface area contributed by atoms with Crippen molar-refractivity contribution in [2.75, 3.05) is 24.3 Å². The molecule has 0 heterocycles. The second-order valence-electron chi connectivity index (χ2n) is 7.48. The lowest BCUT2D eigenvalue weighted by Gasteiger charge is -2.15. The number of aldehydes is 1. The van der Waals surface area contributed by atoms with Crippen LogP contribution in [0.25, 0.3) is 0 Å². The first-order valence-electron chi connectivity index (χ1n) is 9.73. The Kier molecular flexibility index (Phi) is 9.33. The van der Waals surface area contributed by atoms with E-state index < -0.39 is 44.6 Å². The third-order valence-electron chi connectivity index (χ3n) is 5.22. The number of anilines is 1. The van der Waals surface area contributed by atoms with Gasteiger partial charge in [-0.1, -0.05) is 47.5 Å². The van der Waals surface area contributed by atoms with Crippen LogP contribution in [0.1, 0.15) is 23.7 Å². The van der Waals surface area contributed by atoms with E-state index in [1.54, 1.807) is 0 Å². The van der Waals surface area contributed by atoms with Crippen molar-refractivity contribution in [3.63, 3.8) is 0 Å². The zero-order valence-electron chi connectivity index (χ0n) is 17.5. The Labute approximate surface area is 209 Å². The van der Waals surface area contributed by atoms with Crippen molar-refractivity contribution in [3.05, 3.63) is 64.5 Å². The third-order valence-corrected chi connectivity index (χ3v) is 6.81. The molecular formula is C22H21Cl4F3N2O2. The fourth-order valence-corrected chi connectivity index (χ4v) is 4.51. The van der Waals surface area contributed by atoms with Crippen molar-refractivity contribution < 1.29 is 22.8 Å². The Morgan fingerprint density at radius 3 is 2.52 bits per heavy atom. The molecule has 1 aromatic rings. The van der Waals surface area contributed by atoms with Crippen LogP contribution in [0.5, 0.6) is 0 Å². The van der Waals surface area contributed by atoms with E-state index in [0.29, 0.717) is 18.6 Å². The molecule has 2 atom stereocenters. The number of amides is 1. The first-order chi connectivity index (χ1) is 15.4. The SMILES string of the molecule is C=C(/C=C\C(F)=C(/C)Cl)C1C(Cl)(Cl)C1(C=O)CNc1cc(F)c(F)c(C(=O)NCCCCl)c1. The molecular weight excluding hydrogens is 523 g/mol. The molecule has 0 radical (unpaired) electrons. The third kappa shape index (κ3) is 5.88. The second-order valence-corrected chi connectivity index (χ2v) is 9.81. The molecule has 2 rings (SSSR count). The number of halogens is 7. The van der Waals surface area contributed by atoms with Crippen LogP contribution in [-0.2, 0) is 4.79 Å². The summed E-state index contributed by atoms with van der Waals surface area (Å²) < 4.78 is 40.3. The molecule has 1 aromatic carbocycles. The number of alkyl halides is 3. The van der Waals surface area contributed by atoms with Gasteiger partial charge in [0.25, 0.3) is 5.91 Å². The highest BCUT2D eigenvalue weighted by molar-refractivity contribution is 6.53. The molecule has 33 heavy (non-hydrogen) atoms. The number of hydrogen-bond donors (Lipinski definition) is 2. The van der Waals surface area contributed by atoms with Gasteiger partial charge in [-0.2, -0.15) is 0 Å². The van der Waals surface area contributed by atoms with E-state index in [0.717, 1.165) is 18.2 Å². The number of carbonyl (C=O) groups excluding carboxylic acids is 2. The standard InChI is InChI=1S/C22H21Cl4F3N2O2/c1-12(4-5-16(27)13(2)24)19-21(11-32,22(19,25)26)10-31-14-8-15(18(29)17(28)9-14)20(33)30-7-3-6-23/h4-5,8-9,11,19,31H,1,3,6-7,10H2,2H3,(H,30,33)/b5-4-,16-13-. The molecule has 180 valence electrons. The zero-order valence-corrected chi connectivity index (χ0v) is 20.5. The van der Waals surface area contributed by atoms with E-state index in [1.807, 2.05) is 0 Å². The summed E-state index contributed by atoms with van der Waals surface area (Å²) in [5.74, 6) is -4.58. The number of nitrogens with one attached hydrogen (secondary N) is 2. The van der Waals surface area contributed by atoms with Crippen LogP contribution in [0.4, 0.5) is 18.9 Å². The van der Waals surface area contributed by atoms with Crippen molar-refractivity contribution in [1.29, 1.82) is 0 Å². The van der Waals surface area contributed by atoms with Gasteiger partial charge in [0.2, 0.25) is 0 Å². The van der Waals surface area contributed by atoms with Crippen LogP contribution in [0.3, 0.4) is 0 Å². The number of rotatable bonds is 11. The molecule has 2 unspecified atom stereocenters. The number of carbonyl (C=O) groups is 2. The number of benzene rings is 1. The Balaban J connectivity index is 2.21. The summed E-state index contributed by atoms with van der Waals surface area (Å²) in [4.78, 5) is 24.1. The van der Waals surface area contributed by atoms with E-state index in [2.05, 4.69) is 17.2 Å². The van der Waals surface area contributed by atoms with Crippen molar-refractivity contribution in [2.45, 2.75) is 17.7 Å². The molecule has 2 N–H and O–H groups in total. The van der Waals surface area contributed by atoms with Gasteiger partial charge in [-0.3, -0.25) is 4.79 Å². The Hall–Kier alpha value is -1.67. The molecule has 11 heteroatoms. The highest BCUT2D eigenvalue weighted by atomic mass is 35.5. The monoisotopic (exact) mass is 542 g/mol. The van der Waals surface area contributed by atoms with E-state index in [-0.39, 0.29) is 29.4 Å². The van der Waals surface area contributed by atoms with E-state index in [1.165, 1.54) is 13.0 Å². The van der Waals surface area contributed by atoms with Crippen LogP contribution in [0, 0.1) is 23.0 Å². The first kappa shape index (κ1) is 27.6. The maximum absolute atomic E-state index is 14.1. The average molecular weight is 544 g/mol. The first-order valence-corrected chi connectivity index (χ1v) is 11.4.